The maximum Gasteiger partial charge on any atom is 0.272 e. The average molecular weight is 384 g/mol. The second-order valence-electron chi connectivity index (χ2n) is 5.87. The fourth-order valence-electron chi connectivity index (χ4n) is 2.58. The van der Waals surface area contributed by atoms with Gasteiger partial charge < -0.3 is 15.2 Å². The van der Waals surface area contributed by atoms with Crippen molar-refractivity contribution in [2.75, 3.05) is 18.9 Å². The summed E-state index contributed by atoms with van der Waals surface area (Å²) in [5.41, 5.74) is 1.52. The molecule has 0 unspecified atom stereocenters. The fraction of sp³-hybridized carbons (Fsp3) is 0.105. The van der Waals surface area contributed by atoms with Crippen LogP contribution in [0.1, 0.15) is 10.5 Å². The number of hydrogen-bond acceptors (Lipinski definition) is 3. The molecule has 0 aliphatic rings. The highest BCUT2D eigenvalue weighted by molar-refractivity contribution is 7.71. The number of aromatic amines is 1. The van der Waals surface area contributed by atoms with Crippen LogP contribution in [0.15, 0.2) is 60.8 Å². The highest BCUT2D eigenvalue weighted by Crippen LogP contribution is 2.14. The van der Waals surface area contributed by atoms with Crippen LogP contribution in [-0.4, -0.2) is 39.9 Å². The van der Waals surface area contributed by atoms with Crippen molar-refractivity contribution in [3.63, 3.8) is 0 Å². The van der Waals surface area contributed by atoms with E-state index in [-0.39, 0.29) is 12.5 Å². The van der Waals surface area contributed by atoms with Crippen LogP contribution >= 0.6 is 12.2 Å². The molecular formula is C19H17FN4O2S. The van der Waals surface area contributed by atoms with Crippen LogP contribution in [0.25, 0.3) is 5.69 Å². The molecule has 2 N–H and O–H groups in total. The fourth-order valence-corrected chi connectivity index (χ4v) is 2.84. The molecule has 1 aromatic heterocycles. The third kappa shape index (κ3) is 4.29. The third-order valence-corrected chi connectivity index (χ3v) is 4.17. The lowest BCUT2D eigenvalue weighted by Gasteiger charge is -2.18. The van der Waals surface area contributed by atoms with Crippen LogP contribution in [0, 0.1) is 10.6 Å². The third-order valence-electron chi connectivity index (χ3n) is 3.87. The Bertz CT molecular complexity index is 1010. The van der Waals surface area contributed by atoms with Gasteiger partial charge in [0, 0.05) is 24.6 Å². The molecule has 2 amide bonds. The zero-order valence-electron chi connectivity index (χ0n) is 14.5. The van der Waals surface area contributed by atoms with Crippen molar-refractivity contribution in [1.82, 2.24) is 14.5 Å². The predicted molar refractivity (Wildman–Crippen MR) is 103 cm³/mol. The zero-order valence-corrected chi connectivity index (χ0v) is 15.3. The number of anilines is 1. The molecule has 2 aromatic carbocycles. The van der Waals surface area contributed by atoms with Gasteiger partial charge in [-0.1, -0.05) is 18.2 Å². The van der Waals surface area contributed by atoms with Gasteiger partial charge in [-0.25, -0.2) is 4.39 Å². The van der Waals surface area contributed by atoms with E-state index in [1.807, 2.05) is 30.3 Å². The molecular weight excluding hydrogens is 367 g/mol. The molecule has 3 aromatic rings. The van der Waals surface area contributed by atoms with Gasteiger partial charge in [-0.2, -0.15) is 0 Å². The van der Waals surface area contributed by atoms with Crippen LogP contribution in [0.5, 0.6) is 0 Å². The molecule has 0 spiro atoms. The smallest absolute Gasteiger partial charge is 0.272 e. The average Bonchev–Trinajstić information content (AvgIpc) is 3.05. The Balaban J connectivity index is 1.73. The van der Waals surface area contributed by atoms with Gasteiger partial charge in [-0.05, 0) is 48.6 Å². The summed E-state index contributed by atoms with van der Waals surface area (Å²) in [6.45, 7) is -0.164. The number of para-hydroxylation sites is 1. The van der Waals surface area contributed by atoms with E-state index in [1.165, 1.54) is 42.4 Å². The van der Waals surface area contributed by atoms with Gasteiger partial charge in [-0.15, -0.1) is 0 Å². The summed E-state index contributed by atoms with van der Waals surface area (Å²) in [6.07, 6.45) is 1.52. The highest BCUT2D eigenvalue weighted by Gasteiger charge is 2.20. The number of nitrogens with one attached hydrogen (secondary N) is 2. The number of carbonyl (C=O) groups excluding carboxylic acids is 2. The molecule has 138 valence electrons. The first-order chi connectivity index (χ1) is 13.0. The summed E-state index contributed by atoms with van der Waals surface area (Å²) in [7, 11) is 1.53. The van der Waals surface area contributed by atoms with Crippen molar-refractivity contribution >= 4 is 29.7 Å². The lowest BCUT2D eigenvalue weighted by Crippen LogP contribution is -2.35. The SMILES string of the molecule is CN(CC(=O)Nc1ccc(F)cc1)C(=O)c1c[nH]c(=S)n1-c1ccccc1. The van der Waals surface area contributed by atoms with E-state index < -0.39 is 11.7 Å². The molecule has 0 radical (unpaired) electrons. The monoisotopic (exact) mass is 384 g/mol. The lowest BCUT2D eigenvalue weighted by molar-refractivity contribution is -0.116. The van der Waals surface area contributed by atoms with E-state index >= 15 is 0 Å². The van der Waals surface area contributed by atoms with Gasteiger partial charge >= 0.3 is 0 Å². The highest BCUT2D eigenvalue weighted by atomic mass is 32.1. The lowest BCUT2D eigenvalue weighted by atomic mass is 10.3. The van der Waals surface area contributed by atoms with Crippen molar-refractivity contribution in [1.29, 1.82) is 0 Å². The molecule has 1 heterocycles. The van der Waals surface area contributed by atoms with Crippen LogP contribution in [0.2, 0.25) is 0 Å². The van der Waals surface area contributed by atoms with E-state index in [0.29, 0.717) is 16.2 Å². The normalized spacial score (nSPS) is 10.4. The first-order valence-corrected chi connectivity index (χ1v) is 8.53. The van der Waals surface area contributed by atoms with Crippen LogP contribution in [-0.2, 0) is 4.79 Å². The van der Waals surface area contributed by atoms with E-state index in [9.17, 15) is 14.0 Å². The number of hydrogen-bond donors (Lipinski definition) is 2. The summed E-state index contributed by atoms with van der Waals surface area (Å²) in [6, 6.07) is 14.6. The molecule has 0 atom stereocenters. The minimum Gasteiger partial charge on any atom is -0.336 e. The maximum atomic E-state index is 12.9. The van der Waals surface area contributed by atoms with E-state index in [4.69, 9.17) is 12.2 Å². The summed E-state index contributed by atoms with van der Waals surface area (Å²) in [5, 5.41) is 2.62. The second kappa shape index (κ2) is 7.96. The minimum atomic E-state index is -0.391. The number of amides is 2. The Labute approximate surface area is 160 Å². The van der Waals surface area contributed by atoms with E-state index in [1.54, 1.807) is 4.57 Å². The Kier molecular flexibility index (Phi) is 5.46. The molecule has 6 nitrogen and oxygen atoms in total. The molecule has 0 saturated carbocycles. The zero-order chi connectivity index (χ0) is 19.4. The van der Waals surface area contributed by atoms with Crippen LogP contribution in [0.4, 0.5) is 10.1 Å². The first kappa shape index (κ1) is 18.5. The Morgan fingerprint density at radius 1 is 1.15 bits per heavy atom. The number of carbonyl (C=O) groups is 2. The number of likely N-dealkylation sites (N-methyl/N-ethyl adjacent to an activating group) is 1. The number of aromatic nitrogens is 2. The van der Waals surface area contributed by atoms with E-state index in [0.717, 1.165) is 5.69 Å². The molecule has 0 aliphatic heterocycles. The second-order valence-corrected chi connectivity index (χ2v) is 6.25. The molecule has 0 fully saturated rings. The van der Waals surface area contributed by atoms with Crippen molar-refractivity contribution in [2.45, 2.75) is 0 Å². The first-order valence-electron chi connectivity index (χ1n) is 8.12. The standard InChI is InChI=1S/C19H17FN4O2S/c1-23(12-17(25)22-14-9-7-13(20)8-10-14)18(26)16-11-21-19(27)24(16)15-5-3-2-4-6-15/h2-11H,12H2,1H3,(H,21,27)(H,22,25). The summed E-state index contributed by atoms with van der Waals surface area (Å²) in [4.78, 5) is 29.1. The number of rotatable bonds is 5. The Hall–Kier alpha value is -3.26. The molecule has 3 rings (SSSR count). The minimum absolute atomic E-state index is 0.164. The molecule has 0 saturated heterocycles. The molecule has 0 bridgehead atoms. The van der Waals surface area contributed by atoms with Gasteiger partial charge in [0.1, 0.15) is 11.5 Å². The number of nitrogens with zero attached hydrogens (tertiary/aromatic N) is 2. The maximum absolute atomic E-state index is 12.9. The van der Waals surface area contributed by atoms with Crippen molar-refractivity contribution in [3.05, 3.63) is 77.1 Å². The van der Waals surface area contributed by atoms with Gasteiger partial charge in [0.25, 0.3) is 5.91 Å². The molecule has 8 heteroatoms. The van der Waals surface area contributed by atoms with Crippen LogP contribution < -0.4 is 5.32 Å². The van der Waals surface area contributed by atoms with Crippen LogP contribution in [0.3, 0.4) is 0 Å². The largest absolute Gasteiger partial charge is 0.336 e. The van der Waals surface area contributed by atoms with Crippen molar-refractivity contribution in [2.24, 2.45) is 0 Å². The van der Waals surface area contributed by atoms with E-state index in [2.05, 4.69) is 10.3 Å². The molecule has 27 heavy (non-hydrogen) atoms. The van der Waals surface area contributed by atoms with Gasteiger partial charge in [-0.3, -0.25) is 14.2 Å². The predicted octanol–water partition coefficient (Wildman–Crippen LogP) is 3.38. The summed E-state index contributed by atoms with van der Waals surface area (Å²) in [5.74, 6) is -1.14. The van der Waals surface area contributed by atoms with Gasteiger partial charge in [0.2, 0.25) is 5.91 Å². The van der Waals surface area contributed by atoms with Crippen molar-refractivity contribution < 1.29 is 14.0 Å². The Morgan fingerprint density at radius 3 is 2.48 bits per heavy atom. The Morgan fingerprint density at radius 2 is 1.81 bits per heavy atom. The summed E-state index contributed by atoms with van der Waals surface area (Å²) >= 11 is 5.27. The quantitative estimate of drug-likeness (QED) is 0.663. The van der Waals surface area contributed by atoms with Crippen molar-refractivity contribution in [3.8, 4) is 5.69 Å². The molecule has 0 aliphatic carbocycles. The number of halogens is 1. The number of imidazole rings is 1. The van der Waals surface area contributed by atoms with Gasteiger partial charge in [0.05, 0.1) is 6.54 Å². The summed E-state index contributed by atoms with van der Waals surface area (Å²) < 4.78 is 14.9. The number of benzene rings is 2. The van der Waals surface area contributed by atoms with Gasteiger partial charge in [0.15, 0.2) is 4.77 Å². The topological polar surface area (TPSA) is 70.1 Å². The number of H-pyrrole nitrogens is 1.